The Balaban J connectivity index is 5.02. The first kappa shape index (κ1) is 28.3. The van der Waals surface area contributed by atoms with Gasteiger partial charge in [-0.05, 0) is 44.1 Å². The smallest absolute Gasteiger partial charge is 0.326 e. The lowest BCUT2D eigenvalue weighted by molar-refractivity contribution is -0.142. The Kier molecular flexibility index (Phi) is 14.6. The van der Waals surface area contributed by atoms with Crippen LogP contribution in [0.15, 0.2) is 9.98 Å². The van der Waals surface area contributed by atoms with Gasteiger partial charge in [0.25, 0.3) is 0 Å². The van der Waals surface area contributed by atoms with Crippen LogP contribution in [0.2, 0.25) is 0 Å². The van der Waals surface area contributed by atoms with Gasteiger partial charge in [0, 0.05) is 13.1 Å². The molecule has 0 spiro atoms. The van der Waals surface area contributed by atoms with Gasteiger partial charge in [-0.15, -0.1) is 0 Å². The monoisotopic (exact) mass is 461 g/mol. The van der Waals surface area contributed by atoms with E-state index in [4.69, 9.17) is 28.7 Å². The van der Waals surface area contributed by atoms with Gasteiger partial charge in [0.1, 0.15) is 12.1 Å². The van der Waals surface area contributed by atoms with E-state index in [0.717, 1.165) is 0 Å². The van der Waals surface area contributed by atoms with Crippen molar-refractivity contribution in [1.82, 2.24) is 10.6 Å². The van der Waals surface area contributed by atoms with Crippen molar-refractivity contribution in [3.05, 3.63) is 0 Å². The number of nitrogens with zero attached hydrogens (tertiary/aromatic N) is 2. The summed E-state index contributed by atoms with van der Waals surface area (Å²) in [4.78, 5) is 44.2. The van der Waals surface area contributed by atoms with Crippen LogP contribution in [0.25, 0.3) is 0 Å². The molecule has 0 bridgehead atoms. The predicted molar refractivity (Wildman–Crippen MR) is 122 cm³/mol. The second kappa shape index (κ2) is 16.0. The van der Waals surface area contributed by atoms with Crippen LogP contribution < -0.4 is 39.3 Å². The average molecular weight is 462 g/mol. The maximum Gasteiger partial charge on any atom is 0.326 e. The highest BCUT2D eigenvalue weighted by molar-refractivity contribution is 7.98. The minimum absolute atomic E-state index is 0.0509. The van der Waals surface area contributed by atoms with E-state index in [1.165, 1.54) is 11.8 Å². The Labute approximate surface area is 186 Å². The predicted octanol–water partition coefficient (Wildman–Crippen LogP) is -2.77. The van der Waals surface area contributed by atoms with Crippen molar-refractivity contribution in [3.8, 4) is 0 Å². The number of hydrogen-bond acceptors (Lipinski definition) is 7. The summed E-state index contributed by atoms with van der Waals surface area (Å²) in [6, 6.07) is -2.93. The van der Waals surface area contributed by atoms with Crippen molar-refractivity contribution in [2.45, 2.75) is 50.2 Å². The van der Waals surface area contributed by atoms with Crippen LogP contribution >= 0.6 is 11.8 Å². The Morgan fingerprint density at radius 2 is 1.39 bits per heavy atom. The molecule has 0 radical (unpaired) electrons. The molecule has 0 rings (SSSR count). The van der Waals surface area contributed by atoms with E-state index in [9.17, 15) is 19.5 Å². The van der Waals surface area contributed by atoms with Gasteiger partial charge in [-0.25, -0.2) is 4.79 Å². The Bertz CT molecular complexity index is 637. The molecule has 0 aliphatic rings. The molecule has 0 heterocycles. The molecular formula is C17H35N9O4S. The van der Waals surface area contributed by atoms with Crippen LogP contribution in [-0.4, -0.2) is 78.0 Å². The van der Waals surface area contributed by atoms with Crippen LogP contribution in [-0.2, 0) is 14.4 Å². The molecule has 0 aromatic rings. The Hall–Kier alpha value is -2.74. The lowest BCUT2D eigenvalue weighted by Gasteiger charge is -2.22. The summed E-state index contributed by atoms with van der Waals surface area (Å²) in [5, 5.41) is 14.4. The zero-order valence-electron chi connectivity index (χ0n) is 17.8. The lowest BCUT2D eigenvalue weighted by Crippen LogP contribution is -2.54. The summed E-state index contributed by atoms with van der Waals surface area (Å²) >= 11 is 1.46. The van der Waals surface area contributed by atoms with Crippen molar-refractivity contribution >= 4 is 41.5 Å². The Morgan fingerprint density at radius 3 is 1.87 bits per heavy atom. The molecule has 3 unspecified atom stereocenters. The quantitative estimate of drug-likeness (QED) is 0.0666. The molecule has 0 fully saturated rings. The Morgan fingerprint density at radius 1 is 0.871 bits per heavy atom. The van der Waals surface area contributed by atoms with Crippen molar-refractivity contribution in [2.24, 2.45) is 38.7 Å². The first-order valence-corrected chi connectivity index (χ1v) is 11.2. The largest absolute Gasteiger partial charge is 0.480 e. The second-order valence-electron chi connectivity index (χ2n) is 6.75. The van der Waals surface area contributed by atoms with E-state index in [1.54, 1.807) is 0 Å². The SMILES string of the molecule is CSCCC(NC(=O)C(CCCN=C(N)N)NC(=O)C(N)CCCN=C(N)N)C(=O)O. The zero-order valence-corrected chi connectivity index (χ0v) is 18.6. The summed E-state index contributed by atoms with van der Waals surface area (Å²) in [5.74, 6) is -1.88. The fourth-order valence-corrected chi connectivity index (χ4v) is 2.94. The molecule has 3 atom stereocenters. The van der Waals surface area contributed by atoms with E-state index < -0.39 is 35.9 Å². The number of carboxylic acids is 1. The molecule has 13 N–H and O–H groups in total. The topological polar surface area (TPSA) is 250 Å². The molecule has 2 amide bonds. The van der Waals surface area contributed by atoms with Gasteiger partial charge in [0.2, 0.25) is 11.8 Å². The number of aliphatic carboxylic acids is 1. The van der Waals surface area contributed by atoms with Crippen molar-refractivity contribution in [2.75, 3.05) is 25.1 Å². The normalized spacial score (nSPS) is 13.4. The molecule has 31 heavy (non-hydrogen) atoms. The standard InChI is InChI=1S/C17H35N9O4S/c1-31-9-6-12(15(29)30)26-14(28)11(5-3-8-24-17(21)22)25-13(27)10(18)4-2-7-23-16(19)20/h10-12H,2-9,18H2,1H3,(H,25,27)(H,26,28)(H,29,30)(H4,19,20,23)(H4,21,22,24). The summed E-state index contributed by atoms with van der Waals surface area (Å²) in [5.41, 5.74) is 26.9. The van der Waals surface area contributed by atoms with Crippen molar-refractivity contribution in [1.29, 1.82) is 0 Å². The first-order chi connectivity index (χ1) is 14.6. The number of nitrogens with one attached hydrogen (secondary N) is 2. The van der Waals surface area contributed by atoms with Crippen LogP contribution in [0.3, 0.4) is 0 Å². The summed E-state index contributed by atoms with van der Waals surface area (Å²) < 4.78 is 0. The summed E-state index contributed by atoms with van der Waals surface area (Å²) in [6.07, 6.45) is 3.45. The number of carboxylic acid groups (broad SMARTS) is 1. The molecule has 0 saturated carbocycles. The molecule has 0 saturated heterocycles. The third-order valence-electron chi connectivity index (χ3n) is 4.11. The summed E-state index contributed by atoms with van der Waals surface area (Å²) in [6.45, 7) is 0.572. The fourth-order valence-electron chi connectivity index (χ4n) is 2.47. The molecule has 178 valence electrons. The maximum absolute atomic E-state index is 12.7. The molecule has 0 aromatic heterocycles. The van der Waals surface area contributed by atoms with Gasteiger partial charge in [-0.1, -0.05) is 0 Å². The number of aliphatic imine (C=N–C) groups is 2. The van der Waals surface area contributed by atoms with Gasteiger partial charge in [-0.2, -0.15) is 11.8 Å². The molecule has 0 aliphatic carbocycles. The minimum Gasteiger partial charge on any atom is -0.480 e. The minimum atomic E-state index is -1.15. The highest BCUT2D eigenvalue weighted by atomic mass is 32.2. The number of amides is 2. The van der Waals surface area contributed by atoms with Gasteiger partial charge < -0.3 is 44.4 Å². The second-order valence-corrected chi connectivity index (χ2v) is 7.73. The number of hydrogen-bond donors (Lipinski definition) is 8. The summed E-state index contributed by atoms with van der Waals surface area (Å²) in [7, 11) is 0. The van der Waals surface area contributed by atoms with Gasteiger partial charge in [0.05, 0.1) is 6.04 Å². The van der Waals surface area contributed by atoms with Crippen LogP contribution in [0, 0.1) is 0 Å². The van der Waals surface area contributed by atoms with Crippen LogP contribution in [0.5, 0.6) is 0 Å². The third-order valence-corrected chi connectivity index (χ3v) is 4.75. The van der Waals surface area contributed by atoms with Gasteiger partial charge >= 0.3 is 5.97 Å². The first-order valence-electron chi connectivity index (χ1n) is 9.77. The number of rotatable bonds is 16. The highest BCUT2D eigenvalue weighted by Gasteiger charge is 2.27. The molecular weight excluding hydrogens is 426 g/mol. The van der Waals surface area contributed by atoms with E-state index in [0.29, 0.717) is 31.6 Å². The lowest BCUT2D eigenvalue weighted by atomic mass is 10.1. The zero-order chi connectivity index (χ0) is 23.8. The average Bonchev–Trinajstić information content (AvgIpc) is 2.69. The number of carbonyl (C=O) groups is 3. The number of thioether (sulfide) groups is 1. The molecule has 14 heteroatoms. The molecule has 0 aliphatic heterocycles. The number of carbonyl (C=O) groups excluding carboxylic acids is 2. The van der Waals surface area contributed by atoms with Gasteiger partial charge in [-0.3, -0.25) is 19.6 Å². The number of nitrogens with two attached hydrogens (primary N) is 5. The van der Waals surface area contributed by atoms with Gasteiger partial charge in [0.15, 0.2) is 11.9 Å². The van der Waals surface area contributed by atoms with E-state index in [2.05, 4.69) is 20.6 Å². The molecule has 13 nitrogen and oxygen atoms in total. The fraction of sp³-hybridized carbons (Fsp3) is 0.706. The van der Waals surface area contributed by atoms with E-state index in [-0.39, 0.29) is 31.3 Å². The van der Waals surface area contributed by atoms with Crippen LogP contribution in [0.1, 0.15) is 32.1 Å². The van der Waals surface area contributed by atoms with E-state index in [1.807, 2.05) is 6.26 Å². The number of guanidine groups is 2. The van der Waals surface area contributed by atoms with E-state index >= 15 is 0 Å². The third kappa shape index (κ3) is 14.0. The van der Waals surface area contributed by atoms with Crippen molar-refractivity contribution in [3.63, 3.8) is 0 Å². The van der Waals surface area contributed by atoms with Crippen molar-refractivity contribution < 1.29 is 19.5 Å². The van der Waals surface area contributed by atoms with Crippen LogP contribution in [0.4, 0.5) is 0 Å². The maximum atomic E-state index is 12.7. The molecule has 0 aromatic carbocycles. The highest BCUT2D eigenvalue weighted by Crippen LogP contribution is 2.05.